The number of morpholine rings is 1. The van der Waals surface area contributed by atoms with Crippen molar-refractivity contribution >= 4 is 0 Å². The van der Waals surface area contributed by atoms with Gasteiger partial charge in [-0.15, -0.1) is 0 Å². The lowest BCUT2D eigenvalue weighted by atomic mass is 10.0. The van der Waals surface area contributed by atoms with Crippen LogP contribution in [0.4, 0.5) is 0 Å². The van der Waals surface area contributed by atoms with Crippen molar-refractivity contribution < 1.29 is 4.74 Å². The van der Waals surface area contributed by atoms with Crippen LogP contribution in [0.1, 0.15) is 31.5 Å². The number of nitrogens with zero attached hydrogens (tertiary/aromatic N) is 2. The standard InChI is InChI=1S/C16H27N3O/c1-3-7-19-8-9-20-16(12-19)15(17)10-14-6-5-13(4-2)11-18-14/h5-6,11,15-16H,3-4,7-10,12,17H2,1-2H3. The predicted octanol–water partition coefficient (Wildman–Crippen LogP) is 1.62. The van der Waals surface area contributed by atoms with Gasteiger partial charge in [-0.05, 0) is 31.0 Å². The van der Waals surface area contributed by atoms with Gasteiger partial charge < -0.3 is 10.5 Å². The lowest BCUT2D eigenvalue weighted by Crippen LogP contribution is -2.51. The molecule has 1 aliphatic heterocycles. The van der Waals surface area contributed by atoms with Crippen LogP contribution in [0, 0.1) is 0 Å². The fourth-order valence-electron chi connectivity index (χ4n) is 2.67. The molecule has 2 heterocycles. The van der Waals surface area contributed by atoms with Gasteiger partial charge in [0.1, 0.15) is 0 Å². The quantitative estimate of drug-likeness (QED) is 0.858. The first kappa shape index (κ1) is 15.4. The van der Waals surface area contributed by atoms with E-state index in [0.717, 1.165) is 44.8 Å². The highest BCUT2D eigenvalue weighted by Crippen LogP contribution is 2.12. The maximum absolute atomic E-state index is 6.32. The normalized spacial score (nSPS) is 21.9. The molecule has 1 aliphatic rings. The average Bonchev–Trinajstić information content (AvgIpc) is 2.48. The number of aryl methyl sites for hydroxylation is 1. The lowest BCUT2D eigenvalue weighted by Gasteiger charge is -2.35. The molecule has 1 aromatic rings. The van der Waals surface area contributed by atoms with Gasteiger partial charge in [0.15, 0.2) is 0 Å². The number of hydrogen-bond acceptors (Lipinski definition) is 4. The van der Waals surface area contributed by atoms with Crippen molar-refractivity contribution in [2.75, 3.05) is 26.2 Å². The van der Waals surface area contributed by atoms with E-state index in [1.807, 2.05) is 6.20 Å². The van der Waals surface area contributed by atoms with Gasteiger partial charge >= 0.3 is 0 Å². The Hall–Kier alpha value is -0.970. The molecule has 2 unspecified atom stereocenters. The van der Waals surface area contributed by atoms with Crippen molar-refractivity contribution in [3.05, 3.63) is 29.6 Å². The van der Waals surface area contributed by atoms with Crippen LogP contribution in [0.5, 0.6) is 0 Å². The third-order valence-corrected chi connectivity index (χ3v) is 3.93. The van der Waals surface area contributed by atoms with Crippen molar-refractivity contribution in [3.63, 3.8) is 0 Å². The number of hydrogen-bond donors (Lipinski definition) is 1. The van der Waals surface area contributed by atoms with Gasteiger partial charge in [-0.25, -0.2) is 0 Å². The molecule has 112 valence electrons. The van der Waals surface area contributed by atoms with Crippen LogP contribution in [-0.4, -0.2) is 48.3 Å². The monoisotopic (exact) mass is 277 g/mol. The molecule has 0 aromatic carbocycles. The Kier molecular flexibility index (Phi) is 5.95. The lowest BCUT2D eigenvalue weighted by molar-refractivity contribution is -0.0401. The number of aromatic nitrogens is 1. The van der Waals surface area contributed by atoms with Gasteiger partial charge in [-0.2, -0.15) is 0 Å². The molecular formula is C16H27N3O. The van der Waals surface area contributed by atoms with Crippen molar-refractivity contribution in [1.82, 2.24) is 9.88 Å². The molecule has 2 rings (SSSR count). The van der Waals surface area contributed by atoms with Crippen LogP contribution in [0.3, 0.4) is 0 Å². The molecule has 0 spiro atoms. The van der Waals surface area contributed by atoms with Gasteiger partial charge in [0.05, 0.1) is 12.7 Å². The molecule has 1 aromatic heterocycles. The largest absolute Gasteiger partial charge is 0.374 e. The molecular weight excluding hydrogens is 250 g/mol. The Labute approximate surface area is 122 Å². The summed E-state index contributed by atoms with van der Waals surface area (Å²) in [6.07, 6.45) is 5.07. The van der Waals surface area contributed by atoms with Crippen molar-refractivity contribution in [1.29, 1.82) is 0 Å². The summed E-state index contributed by atoms with van der Waals surface area (Å²) in [4.78, 5) is 6.94. The molecule has 2 N–H and O–H groups in total. The number of nitrogens with two attached hydrogens (primary N) is 1. The minimum atomic E-state index is 0.0228. The molecule has 2 atom stereocenters. The first-order chi connectivity index (χ1) is 9.72. The summed E-state index contributed by atoms with van der Waals surface area (Å²) in [6.45, 7) is 8.25. The van der Waals surface area contributed by atoms with Gasteiger partial charge in [-0.1, -0.05) is 19.9 Å². The van der Waals surface area contributed by atoms with E-state index in [1.54, 1.807) is 0 Å². The zero-order valence-electron chi connectivity index (χ0n) is 12.7. The van der Waals surface area contributed by atoms with E-state index >= 15 is 0 Å². The van der Waals surface area contributed by atoms with E-state index in [-0.39, 0.29) is 12.1 Å². The van der Waals surface area contributed by atoms with E-state index in [2.05, 4.69) is 35.9 Å². The first-order valence-corrected chi connectivity index (χ1v) is 7.76. The summed E-state index contributed by atoms with van der Waals surface area (Å²) < 4.78 is 5.84. The highest BCUT2D eigenvalue weighted by atomic mass is 16.5. The summed E-state index contributed by atoms with van der Waals surface area (Å²) in [5.41, 5.74) is 8.65. The summed E-state index contributed by atoms with van der Waals surface area (Å²) in [5, 5.41) is 0. The van der Waals surface area contributed by atoms with Crippen LogP contribution in [0.25, 0.3) is 0 Å². The first-order valence-electron chi connectivity index (χ1n) is 7.76. The van der Waals surface area contributed by atoms with Gasteiger partial charge in [0.2, 0.25) is 0 Å². The molecule has 4 heteroatoms. The molecule has 1 fully saturated rings. The number of pyridine rings is 1. The van der Waals surface area contributed by atoms with E-state index in [1.165, 1.54) is 12.0 Å². The highest BCUT2D eigenvalue weighted by Gasteiger charge is 2.25. The smallest absolute Gasteiger partial charge is 0.0856 e. The summed E-state index contributed by atoms with van der Waals surface area (Å²) >= 11 is 0. The summed E-state index contributed by atoms with van der Waals surface area (Å²) in [6, 6.07) is 4.25. The number of rotatable bonds is 6. The molecule has 20 heavy (non-hydrogen) atoms. The minimum absolute atomic E-state index is 0.0228. The maximum atomic E-state index is 6.32. The molecule has 1 saturated heterocycles. The highest BCUT2D eigenvalue weighted by molar-refractivity contribution is 5.15. The Morgan fingerprint density at radius 1 is 1.45 bits per heavy atom. The molecule has 4 nitrogen and oxygen atoms in total. The van der Waals surface area contributed by atoms with Crippen LogP contribution in [0.15, 0.2) is 18.3 Å². The van der Waals surface area contributed by atoms with E-state index in [4.69, 9.17) is 10.5 Å². The third-order valence-electron chi connectivity index (χ3n) is 3.93. The second-order valence-electron chi connectivity index (χ2n) is 5.59. The second-order valence-corrected chi connectivity index (χ2v) is 5.59. The Balaban J connectivity index is 1.88. The summed E-state index contributed by atoms with van der Waals surface area (Å²) in [5.74, 6) is 0. The van der Waals surface area contributed by atoms with E-state index in [0.29, 0.717) is 0 Å². The molecule has 0 radical (unpaired) electrons. The topological polar surface area (TPSA) is 51.4 Å². The minimum Gasteiger partial charge on any atom is -0.374 e. The van der Waals surface area contributed by atoms with E-state index in [9.17, 15) is 0 Å². The van der Waals surface area contributed by atoms with Gasteiger partial charge in [-0.3, -0.25) is 9.88 Å². The zero-order chi connectivity index (χ0) is 14.4. The van der Waals surface area contributed by atoms with Crippen molar-refractivity contribution in [2.45, 2.75) is 45.3 Å². The predicted molar refractivity (Wildman–Crippen MR) is 81.8 cm³/mol. The Morgan fingerprint density at radius 2 is 2.30 bits per heavy atom. The van der Waals surface area contributed by atoms with Crippen LogP contribution in [0.2, 0.25) is 0 Å². The van der Waals surface area contributed by atoms with Crippen LogP contribution in [-0.2, 0) is 17.6 Å². The van der Waals surface area contributed by atoms with Crippen molar-refractivity contribution in [2.24, 2.45) is 5.73 Å². The van der Waals surface area contributed by atoms with Crippen molar-refractivity contribution in [3.8, 4) is 0 Å². The van der Waals surface area contributed by atoms with Crippen LogP contribution >= 0.6 is 0 Å². The maximum Gasteiger partial charge on any atom is 0.0856 e. The fourth-order valence-corrected chi connectivity index (χ4v) is 2.67. The Bertz CT molecular complexity index is 391. The van der Waals surface area contributed by atoms with Gasteiger partial charge in [0, 0.05) is 37.4 Å². The van der Waals surface area contributed by atoms with E-state index < -0.39 is 0 Å². The molecule has 0 amide bonds. The zero-order valence-corrected chi connectivity index (χ0v) is 12.7. The molecule has 0 bridgehead atoms. The SMILES string of the molecule is CCCN1CCOC(C(N)Cc2ccc(CC)cn2)C1. The number of ether oxygens (including phenoxy) is 1. The average molecular weight is 277 g/mol. The third kappa shape index (κ3) is 4.27. The Morgan fingerprint density at radius 3 is 2.95 bits per heavy atom. The van der Waals surface area contributed by atoms with Gasteiger partial charge in [0.25, 0.3) is 0 Å². The second kappa shape index (κ2) is 7.72. The summed E-state index contributed by atoms with van der Waals surface area (Å²) in [7, 11) is 0. The molecule has 0 aliphatic carbocycles. The fraction of sp³-hybridized carbons (Fsp3) is 0.688. The molecule has 0 saturated carbocycles. The van der Waals surface area contributed by atoms with Crippen LogP contribution < -0.4 is 5.73 Å².